The molecule has 2 heteroatoms. The molecule has 0 saturated carbocycles. The molecule has 0 amide bonds. The van der Waals surface area contributed by atoms with Gasteiger partial charge in [0, 0.05) is 23.9 Å². The topological polar surface area (TPSA) is 47.7 Å². The van der Waals surface area contributed by atoms with Crippen LogP contribution in [0.3, 0.4) is 0 Å². The first-order chi connectivity index (χ1) is 6.33. The minimum Gasteiger partial charge on any atom is -0.309 e. The van der Waals surface area contributed by atoms with E-state index >= 15 is 0 Å². The molecule has 2 N–H and O–H groups in total. The summed E-state index contributed by atoms with van der Waals surface area (Å²) in [6.45, 7) is 0. The van der Waals surface area contributed by atoms with Crippen molar-refractivity contribution in [3.05, 3.63) is 41.5 Å². The average Bonchev–Trinajstić information content (AvgIpc) is 2.44. The summed E-state index contributed by atoms with van der Waals surface area (Å²) in [5.74, 6) is 0. The number of rotatable bonds is 1. The lowest BCUT2D eigenvalue weighted by molar-refractivity contribution is 1.34. The van der Waals surface area contributed by atoms with Crippen LogP contribution in [0.5, 0.6) is 0 Å². The molecule has 1 aliphatic carbocycles. The van der Waals surface area contributed by atoms with Crippen molar-refractivity contribution in [2.24, 2.45) is 0 Å². The second-order valence-electron chi connectivity index (χ2n) is 3.06. The van der Waals surface area contributed by atoms with E-state index in [2.05, 4.69) is 0 Å². The minimum absolute atomic E-state index is 0.615. The molecule has 13 heavy (non-hydrogen) atoms. The van der Waals surface area contributed by atoms with Crippen molar-refractivity contribution in [2.75, 3.05) is 0 Å². The smallest absolute Gasteiger partial charge is 0.0436 e. The summed E-state index contributed by atoms with van der Waals surface area (Å²) in [4.78, 5) is 0. The fraction of sp³-hybridized carbons (Fsp3) is 0.0909. The van der Waals surface area contributed by atoms with Gasteiger partial charge in [-0.2, -0.15) is 0 Å². The van der Waals surface area contributed by atoms with Gasteiger partial charge in [0.05, 0.1) is 0 Å². The van der Waals surface area contributed by atoms with Crippen molar-refractivity contribution < 1.29 is 0 Å². The van der Waals surface area contributed by atoms with E-state index < -0.39 is 0 Å². The molecular weight excluding hydrogens is 160 g/mol. The summed E-state index contributed by atoms with van der Waals surface area (Å²) in [5.41, 5.74) is 3.81. The van der Waals surface area contributed by atoms with E-state index in [4.69, 9.17) is 10.8 Å². The molecule has 0 saturated heterocycles. The molecule has 0 heterocycles. The maximum Gasteiger partial charge on any atom is 0.0436 e. The van der Waals surface area contributed by atoms with Crippen LogP contribution in [0.25, 0.3) is 5.57 Å². The molecule has 0 aliphatic heterocycles. The molecule has 0 radical (unpaired) electrons. The maximum atomic E-state index is 7.72. The fourth-order valence-corrected chi connectivity index (χ4v) is 1.66. The maximum absolute atomic E-state index is 7.72. The molecule has 64 valence electrons. The lowest BCUT2D eigenvalue weighted by atomic mass is 10.1. The minimum atomic E-state index is 0.615. The summed E-state index contributed by atoms with van der Waals surface area (Å²) in [7, 11) is 0. The van der Waals surface area contributed by atoms with E-state index in [0.29, 0.717) is 12.1 Å². The van der Waals surface area contributed by atoms with E-state index in [1.807, 2.05) is 24.3 Å². The largest absolute Gasteiger partial charge is 0.309 e. The lowest BCUT2D eigenvalue weighted by Crippen LogP contribution is -1.92. The number of benzene rings is 1. The Kier molecular flexibility index (Phi) is 1.81. The zero-order valence-electron chi connectivity index (χ0n) is 7.17. The van der Waals surface area contributed by atoms with E-state index in [1.54, 1.807) is 6.08 Å². The van der Waals surface area contributed by atoms with Crippen LogP contribution in [-0.4, -0.2) is 11.9 Å². The first-order valence-corrected chi connectivity index (χ1v) is 4.20. The predicted octanol–water partition coefficient (Wildman–Crippen LogP) is 2.30. The quantitative estimate of drug-likeness (QED) is 0.607. The van der Waals surface area contributed by atoms with Gasteiger partial charge >= 0.3 is 0 Å². The molecule has 2 rings (SSSR count). The Morgan fingerprint density at radius 1 is 1.23 bits per heavy atom. The fourth-order valence-electron chi connectivity index (χ4n) is 1.66. The van der Waals surface area contributed by atoms with Crippen molar-refractivity contribution in [3.8, 4) is 0 Å². The van der Waals surface area contributed by atoms with Crippen molar-refractivity contribution in [1.82, 2.24) is 0 Å². The van der Waals surface area contributed by atoms with Gasteiger partial charge in [-0.1, -0.05) is 24.3 Å². The monoisotopic (exact) mass is 170 g/mol. The number of fused-ring (bicyclic) bond motifs is 1. The van der Waals surface area contributed by atoms with E-state index in [-0.39, 0.29) is 0 Å². The Bertz CT molecular complexity index is 402. The van der Waals surface area contributed by atoms with Gasteiger partial charge in [-0.15, -0.1) is 0 Å². The van der Waals surface area contributed by atoms with Crippen LogP contribution in [0.2, 0.25) is 0 Å². The Hall–Kier alpha value is -1.70. The highest BCUT2D eigenvalue weighted by Gasteiger charge is 2.19. The molecule has 2 nitrogen and oxygen atoms in total. The normalized spacial score (nSPS) is 17.5. The summed E-state index contributed by atoms with van der Waals surface area (Å²) in [6, 6.07) is 8.00. The zero-order valence-corrected chi connectivity index (χ0v) is 7.17. The highest BCUT2D eigenvalue weighted by Crippen LogP contribution is 2.28. The van der Waals surface area contributed by atoms with E-state index in [1.165, 1.54) is 11.8 Å². The molecule has 0 fully saturated rings. The van der Waals surface area contributed by atoms with Gasteiger partial charge in [-0.05, 0) is 17.2 Å². The molecule has 1 aromatic carbocycles. The third-order valence-electron chi connectivity index (χ3n) is 2.25. The SMILES string of the molecule is N=C/C=C1\C(=N)Cc2ccccc21. The molecule has 1 aromatic rings. The number of allylic oxidation sites excluding steroid dienone is 2. The van der Waals surface area contributed by atoms with Gasteiger partial charge < -0.3 is 10.8 Å². The van der Waals surface area contributed by atoms with E-state index in [0.717, 1.165) is 11.1 Å². The van der Waals surface area contributed by atoms with Gasteiger partial charge in [0.25, 0.3) is 0 Å². The third kappa shape index (κ3) is 1.20. The molecule has 0 atom stereocenters. The Balaban J connectivity index is 2.59. The Morgan fingerprint density at radius 3 is 2.77 bits per heavy atom. The highest BCUT2D eigenvalue weighted by molar-refractivity contribution is 6.28. The highest BCUT2D eigenvalue weighted by atomic mass is 14.5. The molecular formula is C11H10N2. The van der Waals surface area contributed by atoms with E-state index in [9.17, 15) is 0 Å². The third-order valence-corrected chi connectivity index (χ3v) is 2.25. The summed E-state index contributed by atoms with van der Waals surface area (Å²) >= 11 is 0. The second kappa shape index (κ2) is 2.98. The van der Waals surface area contributed by atoms with Gasteiger partial charge in [0.2, 0.25) is 0 Å². The van der Waals surface area contributed by atoms with Crippen molar-refractivity contribution in [3.63, 3.8) is 0 Å². The first kappa shape index (κ1) is 7.92. The van der Waals surface area contributed by atoms with Gasteiger partial charge in [-0.3, -0.25) is 0 Å². The van der Waals surface area contributed by atoms with Gasteiger partial charge in [0.1, 0.15) is 0 Å². The van der Waals surface area contributed by atoms with Crippen LogP contribution in [-0.2, 0) is 6.42 Å². The van der Waals surface area contributed by atoms with Gasteiger partial charge in [-0.25, -0.2) is 0 Å². The Labute approximate surface area is 76.9 Å². The predicted molar refractivity (Wildman–Crippen MR) is 54.6 cm³/mol. The number of hydrogen-bond donors (Lipinski definition) is 2. The van der Waals surface area contributed by atoms with Crippen molar-refractivity contribution >= 4 is 17.5 Å². The number of hydrogen-bond acceptors (Lipinski definition) is 2. The molecule has 0 bridgehead atoms. The van der Waals surface area contributed by atoms with Gasteiger partial charge in [0.15, 0.2) is 0 Å². The molecule has 0 aromatic heterocycles. The summed E-state index contributed by atoms with van der Waals surface area (Å²) in [5, 5.41) is 14.7. The van der Waals surface area contributed by atoms with Crippen molar-refractivity contribution in [2.45, 2.75) is 6.42 Å². The second-order valence-corrected chi connectivity index (χ2v) is 3.06. The Morgan fingerprint density at radius 2 is 2.00 bits per heavy atom. The summed E-state index contributed by atoms with van der Waals surface area (Å²) < 4.78 is 0. The lowest BCUT2D eigenvalue weighted by Gasteiger charge is -1.97. The van der Waals surface area contributed by atoms with Crippen LogP contribution >= 0.6 is 0 Å². The molecule has 0 spiro atoms. The van der Waals surface area contributed by atoms with Crippen LogP contribution in [0.15, 0.2) is 30.3 Å². The molecule has 0 unspecified atom stereocenters. The van der Waals surface area contributed by atoms with Crippen LogP contribution in [0, 0.1) is 10.8 Å². The summed E-state index contributed by atoms with van der Waals surface area (Å²) in [6.07, 6.45) is 3.63. The van der Waals surface area contributed by atoms with Crippen LogP contribution in [0.4, 0.5) is 0 Å². The zero-order chi connectivity index (χ0) is 9.26. The number of nitrogens with one attached hydrogen (secondary N) is 2. The van der Waals surface area contributed by atoms with Crippen molar-refractivity contribution in [1.29, 1.82) is 10.8 Å². The first-order valence-electron chi connectivity index (χ1n) is 4.20. The van der Waals surface area contributed by atoms with Crippen LogP contribution in [0.1, 0.15) is 11.1 Å². The standard InChI is InChI=1S/C11H10N2/c12-6-5-10-9-4-2-1-3-8(9)7-11(10)13/h1-6,12-13H,7H2/b10-5-,12-6?,13-11?. The average molecular weight is 170 g/mol. The molecule has 1 aliphatic rings. The van der Waals surface area contributed by atoms with Crippen LogP contribution < -0.4 is 0 Å².